The highest BCUT2D eigenvalue weighted by molar-refractivity contribution is 5.94. The first-order valence-electron chi connectivity index (χ1n) is 14.8. The van der Waals surface area contributed by atoms with E-state index in [1.165, 1.54) is 0 Å². The van der Waals surface area contributed by atoms with Gasteiger partial charge in [0.1, 0.15) is 47.7 Å². The number of rotatable bonds is 7. The van der Waals surface area contributed by atoms with Crippen molar-refractivity contribution in [2.24, 2.45) is 0 Å². The summed E-state index contributed by atoms with van der Waals surface area (Å²) in [4.78, 5) is 13.5. The third-order valence-corrected chi connectivity index (χ3v) is 7.72. The lowest BCUT2D eigenvalue weighted by Crippen LogP contribution is -2.13. The largest absolute Gasteiger partial charge is 0.497 e. The van der Waals surface area contributed by atoms with Crippen LogP contribution >= 0.6 is 0 Å². The van der Waals surface area contributed by atoms with Crippen LogP contribution in [0.1, 0.15) is 44.5 Å². The first kappa shape index (κ1) is 30.6. The number of carbonyl (C=O) groups excluding carboxylic acids is 1. The number of ether oxygens (including phenoxy) is 6. The van der Waals surface area contributed by atoms with Crippen LogP contribution in [0.3, 0.4) is 0 Å². The number of methoxy groups -OCH3 is 2. The van der Waals surface area contributed by atoms with Crippen LogP contribution in [0.15, 0.2) is 97.1 Å². The highest BCUT2D eigenvalue weighted by Gasteiger charge is 2.28. The van der Waals surface area contributed by atoms with E-state index in [0.717, 1.165) is 22.3 Å². The summed E-state index contributed by atoms with van der Waals surface area (Å²) in [5.41, 5.74) is 5.40. The number of esters is 1. The Morgan fingerprint density at radius 2 is 1.20 bits per heavy atom. The van der Waals surface area contributed by atoms with E-state index in [2.05, 4.69) is 0 Å². The van der Waals surface area contributed by atoms with Crippen molar-refractivity contribution in [2.45, 2.75) is 33.4 Å². The van der Waals surface area contributed by atoms with E-state index in [1.54, 1.807) is 68.8 Å². The molecule has 0 fully saturated rings. The number of hydrogen-bond donors (Lipinski definition) is 1. The summed E-state index contributed by atoms with van der Waals surface area (Å²) in [6.07, 6.45) is -1.33. The van der Waals surface area contributed by atoms with Gasteiger partial charge in [-0.05, 0) is 109 Å². The average molecular weight is 619 g/mol. The molecule has 0 saturated heterocycles. The molecule has 1 heterocycles. The van der Waals surface area contributed by atoms with E-state index in [0.29, 0.717) is 51.0 Å². The van der Waals surface area contributed by atoms with Crippen LogP contribution in [0.25, 0.3) is 11.1 Å². The van der Waals surface area contributed by atoms with Gasteiger partial charge in [0.15, 0.2) is 0 Å². The Labute approximate surface area is 267 Å². The van der Waals surface area contributed by atoms with E-state index in [9.17, 15) is 9.90 Å². The lowest BCUT2D eigenvalue weighted by molar-refractivity contribution is -0.0192. The summed E-state index contributed by atoms with van der Waals surface area (Å²) in [7, 11) is 3.14. The zero-order valence-corrected chi connectivity index (χ0v) is 26.0. The van der Waals surface area contributed by atoms with Gasteiger partial charge >= 0.3 is 5.97 Å². The molecule has 0 aromatic heterocycles. The van der Waals surface area contributed by atoms with E-state index < -0.39 is 12.3 Å². The molecule has 5 aromatic rings. The minimum Gasteiger partial charge on any atom is -0.497 e. The number of hydrogen-bond acceptors (Lipinski definition) is 8. The highest BCUT2D eigenvalue weighted by atomic mass is 16.6. The minimum atomic E-state index is -1.33. The second kappa shape index (κ2) is 13.3. The molecule has 0 radical (unpaired) electrons. The van der Waals surface area contributed by atoms with Crippen molar-refractivity contribution in [1.82, 2.24) is 0 Å². The molecule has 0 bridgehead atoms. The smallest absolute Gasteiger partial charge is 0.343 e. The lowest BCUT2D eigenvalue weighted by Gasteiger charge is -2.25. The first-order chi connectivity index (χ1) is 22.3. The van der Waals surface area contributed by atoms with E-state index in [1.807, 2.05) is 56.3 Å². The Kier molecular flexibility index (Phi) is 8.81. The molecule has 1 N–H and O–H groups in total. The summed E-state index contributed by atoms with van der Waals surface area (Å²) >= 11 is 0. The van der Waals surface area contributed by atoms with Gasteiger partial charge in [0.05, 0.1) is 30.9 Å². The van der Waals surface area contributed by atoms with Gasteiger partial charge in [-0.1, -0.05) is 24.3 Å². The molecule has 5 aromatic carbocycles. The Bertz CT molecular complexity index is 1860. The van der Waals surface area contributed by atoms with Gasteiger partial charge in [-0.3, -0.25) is 0 Å². The van der Waals surface area contributed by atoms with Gasteiger partial charge in [0.2, 0.25) is 6.29 Å². The summed E-state index contributed by atoms with van der Waals surface area (Å²) in [5, 5.41) is 11.3. The summed E-state index contributed by atoms with van der Waals surface area (Å²) in [6.45, 7) is 4.34. The quantitative estimate of drug-likeness (QED) is 0.112. The third-order valence-electron chi connectivity index (χ3n) is 7.72. The van der Waals surface area contributed by atoms with E-state index in [4.69, 9.17) is 28.4 Å². The number of benzene rings is 5. The number of aliphatic hydroxyl groups excluding tert-OH is 1. The van der Waals surface area contributed by atoms with Gasteiger partial charge in [-0.25, -0.2) is 4.79 Å². The SMILES string of the molecule is COc1ccc(C(=O)Oc2cc(C)cc3c2-c2c(cc(C)cc2OC(O)c2ccc(OC)cc2)OCc2ccccc2CO3)cc1. The molecule has 0 spiro atoms. The molecule has 1 atom stereocenters. The second-order valence-corrected chi connectivity index (χ2v) is 11.0. The third kappa shape index (κ3) is 6.48. The molecule has 8 nitrogen and oxygen atoms in total. The second-order valence-electron chi connectivity index (χ2n) is 11.0. The van der Waals surface area contributed by atoms with Crippen LogP contribution < -0.4 is 28.4 Å². The van der Waals surface area contributed by atoms with Crippen molar-refractivity contribution in [1.29, 1.82) is 0 Å². The molecule has 1 aliphatic heterocycles. The van der Waals surface area contributed by atoms with E-state index in [-0.39, 0.29) is 19.0 Å². The predicted molar refractivity (Wildman–Crippen MR) is 173 cm³/mol. The molecular formula is C38H34O8. The van der Waals surface area contributed by atoms with E-state index >= 15 is 0 Å². The van der Waals surface area contributed by atoms with Crippen molar-refractivity contribution < 1.29 is 38.3 Å². The van der Waals surface area contributed by atoms with Gasteiger partial charge in [0, 0.05) is 5.56 Å². The Morgan fingerprint density at radius 1 is 0.696 bits per heavy atom. The van der Waals surface area contributed by atoms with Crippen LogP contribution in [0.4, 0.5) is 0 Å². The normalized spacial score (nSPS) is 12.6. The molecule has 0 amide bonds. The standard InChI is InChI=1S/C38H34O8/c1-23-17-31-35(33(19-23)45-37(39)25-9-13-29(41-3)14-10-25)36-32(44-22-28-8-6-5-7-27(28)21-43-31)18-24(2)20-34(36)46-38(40)26-11-15-30(42-4)16-12-26/h5-20,37,39H,21-22H2,1-4H3. The van der Waals surface area contributed by atoms with Gasteiger partial charge in [-0.15, -0.1) is 0 Å². The van der Waals surface area contributed by atoms with Gasteiger partial charge in [0.25, 0.3) is 0 Å². The zero-order chi connectivity index (χ0) is 32.2. The molecule has 1 aliphatic rings. The molecular weight excluding hydrogens is 584 g/mol. The summed E-state index contributed by atoms with van der Waals surface area (Å²) in [6, 6.07) is 28.9. The van der Waals surface area contributed by atoms with Crippen molar-refractivity contribution in [2.75, 3.05) is 14.2 Å². The summed E-state index contributed by atoms with van der Waals surface area (Å²) < 4.78 is 35.9. The minimum absolute atomic E-state index is 0.252. The lowest BCUT2D eigenvalue weighted by atomic mass is 9.97. The maximum atomic E-state index is 13.5. The number of fused-ring (bicyclic) bond motifs is 4. The van der Waals surface area contributed by atoms with Crippen LogP contribution in [0.5, 0.6) is 34.5 Å². The van der Waals surface area contributed by atoms with Crippen molar-refractivity contribution in [3.8, 4) is 45.6 Å². The topological polar surface area (TPSA) is 92.7 Å². The van der Waals surface area contributed by atoms with Gasteiger partial charge < -0.3 is 33.5 Å². The average Bonchev–Trinajstić information content (AvgIpc) is 3.07. The number of aryl methyl sites for hydroxylation is 2. The predicted octanol–water partition coefficient (Wildman–Crippen LogP) is 7.75. The van der Waals surface area contributed by atoms with Crippen LogP contribution in [-0.4, -0.2) is 25.3 Å². The van der Waals surface area contributed by atoms with Crippen LogP contribution in [0.2, 0.25) is 0 Å². The maximum Gasteiger partial charge on any atom is 0.343 e. The molecule has 0 saturated carbocycles. The highest BCUT2D eigenvalue weighted by Crippen LogP contribution is 2.50. The fourth-order valence-electron chi connectivity index (χ4n) is 5.33. The fraction of sp³-hybridized carbons (Fsp3) is 0.184. The van der Waals surface area contributed by atoms with Crippen molar-refractivity contribution >= 4 is 5.97 Å². The Balaban J connectivity index is 1.51. The number of carbonyl (C=O) groups is 1. The molecule has 8 heteroatoms. The van der Waals surface area contributed by atoms with Crippen LogP contribution in [-0.2, 0) is 13.2 Å². The summed E-state index contributed by atoms with van der Waals surface area (Å²) in [5.74, 6) is 2.23. The molecule has 0 aliphatic carbocycles. The van der Waals surface area contributed by atoms with Crippen LogP contribution in [0, 0.1) is 13.8 Å². The van der Waals surface area contributed by atoms with Gasteiger partial charge in [-0.2, -0.15) is 0 Å². The molecule has 234 valence electrons. The monoisotopic (exact) mass is 618 g/mol. The Hall–Kier alpha value is -5.47. The molecule has 1 unspecified atom stereocenters. The fourth-order valence-corrected chi connectivity index (χ4v) is 5.33. The van der Waals surface area contributed by atoms with Crippen molar-refractivity contribution in [3.63, 3.8) is 0 Å². The Morgan fingerprint density at radius 3 is 1.74 bits per heavy atom. The molecule has 46 heavy (non-hydrogen) atoms. The zero-order valence-electron chi connectivity index (χ0n) is 26.0. The maximum absolute atomic E-state index is 13.5. The number of aliphatic hydroxyl groups is 1. The molecule has 6 rings (SSSR count). The first-order valence-corrected chi connectivity index (χ1v) is 14.8. The van der Waals surface area contributed by atoms with Crippen molar-refractivity contribution in [3.05, 3.63) is 130 Å².